The molecule has 1 aromatic rings. The number of ether oxygens (including phenoxy) is 1. The summed E-state index contributed by atoms with van der Waals surface area (Å²) in [6.45, 7) is 16.9. The molecule has 0 spiro atoms. The third-order valence-corrected chi connectivity index (χ3v) is 4.85. The van der Waals surface area contributed by atoms with Gasteiger partial charge in [-0.15, -0.1) is 11.3 Å². The summed E-state index contributed by atoms with van der Waals surface area (Å²) in [5.74, 6) is 0.753. The fraction of sp³-hybridized carbons (Fsp3) is 0.737. The van der Waals surface area contributed by atoms with E-state index in [4.69, 9.17) is 4.74 Å². The van der Waals surface area contributed by atoms with Crippen LogP contribution in [0.3, 0.4) is 0 Å². The minimum atomic E-state index is -0.485. The maximum absolute atomic E-state index is 12.2. The van der Waals surface area contributed by atoms with Crippen molar-refractivity contribution in [2.24, 2.45) is 4.99 Å². The van der Waals surface area contributed by atoms with Gasteiger partial charge in [0.05, 0.1) is 10.7 Å². The van der Waals surface area contributed by atoms with Gasteiger partial charge in [-0.2, -0.15) is 0 Å². The minimum absolute atomic E-state index is 0.289. The first kappa shape index (κ1) is 23.2. The first-order chi connectivity index (χ1) is 12.7. The van der Waals surface area contributed by atoms with Crippen molar-refractivity contribution in [3.63, 3.8) is 0 Å². The van der Waals surface area contributed by atoms with Gasteiger partial charge in [0.2, 0.25) is 0 Å². The average Bonchev–Trinajstić information content (AvgIpc) is 2.87. The van der Waals surface area contributed by atoms with Gasteiger partial charge < -0.3 is 20.3 Å². The van der Waals surface area contributed by atoms with Crippen LogP contribution in [0.15, 0.2) is 4.99 Å². The lowest BCUT2D eigenvalue weighted by Gasteiger charge is -2.26. The molecule has 0 radical (unpaired) electrons. The predicted octanol–water partition coefficient (Wildman–Crippen LogP) is 3.11. The van der Waals surface area contributed by atoms with Gasteiger partial charge in [0.1, 0.15) is 5.60 Å². The fourth-order valence-electron chi connectivity index (χ4n) is 2.27. The lowest BCUT2D eigenvalue weighted by Crippen LogP contribution is -2.44. The maximum Gasteiger partial charge on any atom is 0.410 e. The van der Waals surface area contributed by atoms with E-state index >= 15 is 0 Å². The van der Waals surface area contributed by atoms with Gasteiger partial charge in [-0.05, 0) is 48.5 Å². The van der Waals surface area contributed by atoms with Crippen LogP contribution >= 0.6 is 11.3 Å². The topological polar surface area (TPSA) is 78.9 Å². The average molecular weight is 398 g/mol. The van der Waals surface area contributed by atoms with Gasteiger partial charge in [-0.25, -0.2) is 9.78 Å². The van der Waals surface area contributed by atoms with Crippen molar-refractivity contribution in [3.05, 3.63) is 15.6 Å². The van der Waals surface area contributed by atoms with Crippen LogP contribution in [-0.4, -0.2) is 60.3 Å². The lowest BCUT2D eigenvalue weighted by atomic mass is 10.2. The van der Waals surface area contributed by atoms with Gasteiger partial charge in [0.25, 0.3) is 0 Å². The van der Waals surface area contributed by atoms with E-state index in [1.54, 1.807) is 16.2 Å². The highest BCUT2D eigenvalue weighted by molar-refractivity contribution is 7.11. The number of nitrogens with one attached hydrogen (secondary N) is 2. The number of carbonyl (C=O) groups is 1. The molecular weight excluding hydrogens is 362 g/mol. The van der Waals surface area contributed by atoms with Gasteiger partial charge in [0, 0.05) is 44.0 Å². The van der Waals surface area contributed by atoms with Crippen LogP contribution in [0, 0.1) is 13.8 Å². The molecule has 2 N–H and O–H groups in total. The van der Waals surface area contributed by atoms with Gasteiger partial charge in [-0.3, -0.25) is 4.99 Å². The summed E-state index contributed by atoms with van der Waals surface area (Å²) >= 11 is 1.73. The standard InChI is InChI=1S/C19H35N5O2S/c1-8-20-17(21-11-10-16-23-14(3)15(4)27-16)22-12-13-24(9-2)18(25)26-19(5,6)7/h8-13H2,1-7H3,(H2,20,21,22). The number of aryl methyl sites for hydroxylation is 2. The van der Waals surface area contributed by atoms with Crippen LogP contribution in [0.5, 0.6) is 0 Å². The molecule has 1 amide bonds. The fourth-order valence-corrected chi connectivity index (χ4v) is 3.19. The summed E-state index contributed by atoms with van der Waals surface area (Å²) in [5.41, 5.74) is 0.617. The molecule has 1 rings (SSSR count). The minimum Gasteiger partial charge on any atom is -0.444 e. The van der Waals surface area contributed by atoms with Crippen molar-refractivity contribution >= 4 is 23.4 Å². The highest BCUT2D eigenvalue weighted by Crippen LogP contribution is 2.16. The van der Waals surface area contributed by atoms with E-state index in [1.807, 2.05) is 41.5 Å². The van der Waals surface area contributed by atoms with E-state index in [0.717, 1.165) is 29.6 Å². The molecule has 0 atom stereocenters. The molecule has 27 heavy (non-hydrogen) atoms. The Morgan fingerprint density at radius 3 is 2.48 bits per heavy atom. The molecule has 154 valence electrons. The normalized spacial score (nSPS) is 12.0. The van der Waals surface area contributed by atoms with Crippen molar-refractivity contribution in [1.82, 2.24) is 20.5 Å². The Morgan fingerprint density at radius 1 is 1.26 bits per heavy atom. The molecule has 0 bridgehead atoms. The maximum atomic E-state index is 12.2. The van der Waals surface area contributed by atoms with Crippen molar-refractivity contribution in [2.75, 3.05) is 32.7 Å². The van der Waals surface area contributed by atoms with Gasteiger partial charge >= 0.3 is 6.09 Å². The Hall–Kier alpha value is -1.83. The zero-order valence-electron chi connectivity index (χ0n) is 17.8. The van der Waals surface area contributed by atoms with E-state index in [2.05, 4.69) is 27.5 Å². The van der Waals surface area contributed by atoms with Crippen LogP contribution in [0.25, 0.3) is 0 Å². The first-order valence-electron chi connectivity index (χ1n) is 9.59. The van der Waals surface area contributed by atoms with Gasteiger partial charge in [0.15, 0.2) is 5.96 Å². The van der Waals surface area contributed by atoms with E-state index < -0.39 is 5.60 Å². The van der Waals surface area contributed by atoms with Crippen molar-refractivity contribution in [1.29, 1.82) is 0 Å². The monoisotopic (exact) mass is 397 g/mol. The smallest absolute Gasteiger partial charge is 0.410 e. The number of aliphatic imine (C=N–C) groups is 1. The Labute approximate surface area is 167 Å². The molecule has 0 aliphatic carbocycles. The molecule has 0 unspecified atom stereocenters. The Kier molecular flexibility index (Phi) is 9.55. The summed E-state index contributed by atoms with van der Waals surface area (Å²) in [6, 6.07) is 0. The molecule has 1 aromatic heterocycles. The number of thiazole rings is 1. The molecule has 0 aliphatic heterocycles. The first-order valence-corrected chi connectivity index (χ1v) is 10.4. The largest absolute Gasteiger partial charge is 0.444 e. The SMILES string of the molecule is CCNC(=NCCc1nc(C)c(C)s1)NCCN(CC)C(=O)OC(C)(C)C. The molecule has 0 saturated heterocycles. The van der Waals surface area contributed by atoms with E-state index in [-0.39, 0.29) is 6.09 Å². The number of rotatable bonds is 8. The van der Waals surface area contributed by atoms with E-state index in [1.165, 1.54) is 4.88 Å². The molecule has 0 fully saturated rings. The summed E-state index contributed by atoms with van der Waals surface area (Å²) in [7, 11) is 0. The molecular formula is C19H35N5O2S. The van der Waals surface area contributed by atoms with Crippen LogP contribution in [0.4, 0.5) is 4.79 Å². The Balaban J connectivity index is 2.49. The number of hydrogen-bond acceptors (Lipinski definition) is 5. The van der Waals surface area contributed by atoms with Crippen molar-refractivity contribution in [2.45, 2.75) is 60.5 Å². The van der Waals surface area contributed by atoms with Crippen LogP contribution in [0.2, 0.25) is 0 Å². The molecule has 1 heterocycles. The van der Waals surface area contributed by atoms with Crippen LogP contribution < -0.4 is 10.6 Å². The van der Waals surface area contributed by atoms with Crippen molar-refractivity contribution in [3.8, 4) is 0 Å². The molecule has 7 nitrogen and oxygen atoms in total. The molecule has 0 aromatic carbocycles. The molecule has 0 aliphatic rings. The number of likely N-dealkylation sites (N-methyl/N-ethyl adjacent to an activating group) is 1. The highest BCUT2D eigenvalue weighted by Gasteiger charge is 2.20. The lowest BCUT2D eigenvalue weighted by molar-refractivity contribution is 0.0264. The Bertz CT molecular complexity index is 603. The third-order valence-electron chi connectivity index (χ3n) is 3.72. The zero-order valence-corrected chi connectivity index (χ0v) is 18.6. The van der Waals surface area contributed by atoms with Gasteiger partial charge in [-0.1, -0.05) is 0 Å². The van der Waals surface area contributed by atoms with E-state index in [0.29, 0.717) is 26.2 Å². The summed E-state index contributed by atoms with van der Waals surface area (Å²) in [5, 5.41) is 7.63. The summed E-state index contributed by atoms with van der Waals surface area (Å²) < 4.78 is 5.43. The number of aromatic nitrogens is 1. The van der Waals surface area contributed by atoms with Crippen LogP contribution in [0.1, 0.15) is 50.2 Å². The predicted molar refractivity (Wildman–Crippen MR) is 113 cm³/mol. The molecule has 8 heteroatoms. The van der Waals surface area contributed by atoms with Crippen LogP contribution in [-0.2, 0) is 11.2 Å². The number of nitrogens with zero attached hydrogens (tertiary/aromatic N) is 3. The second-order valence-electron chi connectivity index (χ2n) is 7.25. The van der Waals surface area contributed by atoms with Crippen molar-refractivity contribution < 1.29 is 9.53 Å². The second kappa shape index (κ2) is 11.1. The van der Waals surface area contributed by atoms with E-state index in [9.17, 15) is 4.79 Å². The number of amides is 1. The second-order valence-corrected chi connectivity index (χ2v) is 8.53. The highest BCUT2D eigenvalue weighted by atomic mass is 32.1. The number of guanidine groups is 1. The Morgan fingerprint density at radius 2 is 1.96 bits per heavy atom. The molecule has 0 saturated carbocycles. The summed E-state index contributed by atoms with van der Waals surface area (Å²) in [4.78, 5) is 24.3. The number of hydrogen-bond donors (Lipinski definition) is 2. The quantitative estimate of drug-likeness (QED) is 0.520. The summed E-state index contributed by atoms with van der Waals surface area (Å²) in [6.07, 6.45) is 0.540. The number of carbonyl (C=O) groups excluding carboxylic acids is 1. The third kappa shape index (κ3) is 9.08. The zero-order chi connectivity index (χ0) is 20.4.